The van der Waals surface area contributed by atoms with E-state index in [1.54, 1.807) is 37.7 Å². The summed E-state index contributed by atoms with van der Waals surface area (Å²) in [5.41, 5.74) is 0.698. The number of anilines is 2. The monoisotopic (exact) mass is 390 g/mol. The lowest BCUT2D eigenvalue weighted by Gasteiger charge is -2.27. The van der Waals surface area contributed by atoms with Crippen molar-refractivity contribution in [2.75, 3.05) is 50.6 Å². The minimum absolute atomic E-state index is 0.0232. The number of rotatable bonds is 6. The topological polar surface area (TPSA) is 66.9 Å². The predicted molar refractivity (Wildman–Crippen MR) is 108 cm³/mol. The zero-order valence-corrected chi connectivity index (χ0v) is 16.8. The van der Waals surface area contributed by atoms with Crippen LogP contribution in [0.25, 0.3) is 0 Å². The molecule has 27 heavy (non-hydrogen) atoms. The highest BCUT2D eigenvalue weighted by Crippen LogP contribution is 2.30. The molecule has 8 heteroatoms. The van der Waals surface area contributed by atoms with E-state index < -0.39 is 0 Å². The van der Waals surface area contributed by atoms with Gasteiger partial charge in [-0.25, -0.2) is 4.98 Å². The largest absolute Gasteiger partial charge is 0.493 e. The van der Waals surface area contributed by atoms with Crippen LogP contribution in [-0.2, 0) is 4.79 Å². The van der Waals surface area contributed by atoms with Crippen molar-refractivity contribution in [2.24, 2.45) is 0 Å². The second kappa shape index (κ2) is 9.05. The Bertz CT molecular complexity index is 753. The summed E-state index contributed by atoms with van der Waals surface area (Å²) < 4.78 is 10.5. The molecule has 1 amide bonds. The summed E-state index contributed by atoms with van der Waals surface area (Å²) in [6.45, 7) is 5.52. The molecule has 3 rings (SSSR count). The molecule has 2 heterocycles. The van der Waals surface area contributed by atoms with Gasteiger partial charge in [-0.3, -0.25) is 9.69 Å². The number of hydrogen-bond acceptors (Lipinski definition) is 7. The summed E-state index contributed by atoms with van der Waals surface area (Å²) in [5, 5.41) is 6.04. The van der Waals surface area contributed by atoms with E-state index in [0.29, 0.717) is 17.2 Å². The summed E-state index contributed by atoms with van der Waals surface area (Å²) in [4.78, 5) is 21.7. The van der Waals surface area contributed by atoms with Crippen LogP contribution in [0.15, 0.2) is 29.8 Å². The van der Waals surface area contributed by atoms with E-state index in [1.807, 2.05) is 24.6 Å². The third kappa shape index (κ3) is 4.70. The van der Waals surface area contributed by atoms with Gasteiger partial charge in [0.2, 0.25) is 5.91 Å². The van der Waals surface area contributed by atoms with Gasteiger partial charge in [-0.05, 0) is 25.5 Å². The molecule has 0 radical (unpaired) electrons. The lowest BCUT2D eigenvalue weighted by Crippen LogP contribution is -2.43. The third-order valence-corrected chi connectivity index (χ3v) is 5.63. The predicted octanol–water partition coefficient (Wildman–Crippen LogP) is 2.70. The van der Waals surface area contributed by atoms with Crippen molar-refractivity contribution >= 4 is 28.1 Å². The molecule has 7 nitrogen and oxygen atoms in total. The van der Waals surface area contributed by atoms with Gasteiger partial charge in [0.1, 0.15) is 0 Å². The smallest absolute Gasteiger partial charge is 0.241 e. The van der Waals surface area contributed by atoms with E-state index in [4.69, 9.17) is 9.47 Å². The first kappa shape index (κ1) is 19.4. The summed E-state index contributed by atoms with van der Waals surface area (Å²) in [6, 6.07) is 5.17. The van der Waals surface area contributed by atoms with E-state index in [0.717, 1.165) is 37.7 Å². The first-order valence-corrected chi connectivity index (χ1v) is 9.91. The molecule has 1 aliphatic rings. The van der Waals surface area contributed by atoms with E-state index in [2.05, 4.69) is 20.1 Å². The van der Waals surface area contributed by atoms with Gasteiger partial charge in [-0.1, -0.05) is 0 Å². The number of amides is 1. The molecule has 1 atom stereocenters. The van der Waals surface area contributed by atoms with E-state index >= 15 is 0 Å². The van der Waals surface area contributed by atoms with Crippen LogP contribution >= 0.6 is 11.3 Å². The number of carbonyl (C=O) groups excluding carboxylic acids is 1. The normalized spacial score (nSPS) is 16.5. The highest BCUT2D eigenvalue weighted by molar-refractivity contribution is 7.13. The molecule has 2 aromatic rings. The number of methoxy groups -OCH3 is 2. The lowest BCUT2D eigenvalue weighted by molar-refractivity contribution is -0.120. The Morgan fingerprint density at radius 1 is 1.19 bits per heavy atom. The summed E-state index contributed by atoms with van der Waals surface area (Å²) in [7, 11) is 3.17. The number of hydrogen-bond donors (Lipinski definition) is 1. The third-order valence-electron chi connectivity index (χ3n) is 4.80. The Kier molecular flexibility index (Phi) is 6.52. The number of thiazole rings is 1. The molecule has 0 bridgehead atoms. The molecule has 0 spiro atoms. The molecule has 1 N–H and O–H groups in total. The Morgan fingerprint density at radius 2 is 2.00 bits per heavy atom. The Labute approximate surface area is 163 Å². The van der Waals surface area contributed by atoms with Crippen LogP contribution in [0, 0.1) is 0 Å². The molecule has 146 valence electrons. The fourth-order valence-electron chi connectivity index (χ4n) is 3.21. The van der Waals surface area contributed by atoms with E-state index in [-0.39, 0.29) is 11.9 Å². The highest BCUT2D eigenvalue weighted by atomic mass is 32.1. The van der Waals surface area contributed by atoms with E-state index in [9.17, 15) is 4.79 Å². The van der Waals surface area contributed by atoms with Crippen LogP contribution in [0.1, 0.15) is 13.3 Å². The second-order valence-electron chi connectivity index (χ2n) is 6.43. The maximum atomic E-state index is 12.7. The molecule has 0 aliphatic carbocycles. The molecule has 0 saturated carbocycles. The van der Waals surface area contributed by atoms with Crippen molar-refractivity contribution in [3.05, 3.63) is 29.8 Å². The van der Waals surface area contributed by atoms with Crippen LogP contribution in [0.4, 0.5) is 10.8 Å². The van der Waals surface area contributed by atoms with E-state index in [1.165, 1.54) is 0 Å². The van der Waals surface area contributed by atoms with Gasteiger partial charge in [0.15, 0.2) is 16.6 Å². The molecule has 1 aliphatic heterocycles. The van der Waals surface area contributed by atoms with Crippen molar-refractivity contribution in [3.63, 3.8) is 0 Å². The van der Waals surface area contributed by atoms with Crippen LogP contribution in [-0.4, -0.2) is 62.2 Å². The molecule has 1 aromatic heterocycles. The minimum atomic E-state index is -0.214. The van der Waals surface area contributed by atoms with Gasteiger partial charge >= 0.3 is 0 Å². The Morgan fingerprint density at radius 3 is 2.70 bits per heavy atom. The quantitative estimate of drug-likeness (QED) is 0.818. The van der Waals surface area contributed by atoms with Gasteiger partial charge < -0.3 is 19.7 Å². The number of nitrogens with one attached hydrogen (secondary N) is 1. The number of aromatic nitrogens is 1. The lowest BCUT2D eigenvalue weighted by atomic mass is 10.2. The molecule has 1 aromatic carbocycles. The zero-order valence-electron chi connectivity index (χ0n) is 16.0. The van der Waals surface area contributed by atoms with Crippen LogP contribution in [0.3, 0.4) is 0 Å². The van der Waals surface area contributed by atoms with Crippen LogP contribution in [0.5, 0.6) is 11.5 Å². The van der Waals surface area contributed by atoms with Crippen molar-refractivity contribution in [1.29, 1.82) is 0 Å². The SMILES string of the molecule is COc1ccc(NC(=O)C(C)N2CCCN(c3nccs3)CC2)cc1OC. The number of benzene rings is 1. The van der Waals surface area contributed by atoms with Crippen LogP contribution in [0.2, 0.25) is 0 Å². The Hall–Kier alpha value is -2.32. The fraction of sp³-hybridized carbons (Fsp3) is 0.474. The molecule has 1 saturated heterocycles. The van der Waals surface area contributed by atoms with Gasteiger partial charge in [0.25, 0.3) is 0 Å². The maximum absolute atomic E-state index is 12.7. The Balaban J connectivity index is 1.60. The van der Waals surface area contributed by atoms with Crippen molar-refractivity contribution in [1.82, 2.24) is 9.88 Å². The fourth-order valence-corrected chi connectivity index (χ4v) is 3.91. The number of ether oxygens (including phenoxy) is 2. The maximum Gasteiger partial charge on any atom is 0.241 e. The summed E-state index contributed by atoms with van der Waals surface area (Å²) >= 11 is 1.66. The molecular formula is C19H26N4O3S. The van der Waals surface area contributed by atoms with Crippen molar-refractivity contribution in [3.8, 4) is 11.5 Å². The first-order chi connectivity index (χ1) is 13.1. The first-order valence-electron chi connectivity index (χ1n) is 9.03. The van der Waals surface area contributed by atoms with Crippen LogP contribution < -0.4 is 19.7 Å². The standard InChI is InChI=1S/C19H26N4O3S/c1-14(18(24)21-15-5-6-16(25-2)17(13-15)26-3)22-8-4-9-23(11-10-22)19-20-7-12-27-19/h5-7,12-14H,4,8-11H2,1-3H3,(H,21,24). The highest BCUT2D eigenvalue weighted by Gasteiger charge is 2.25. The number of nitrogens with zero attached hydrogens (tertiary/aromatic N) is 3. The minimum Gasteiger partial charge on any atom is -0.493 e. The average molecular weight is 391 g/mol. The zero-order chi connectivity index (χ0) is 19.2. The summed E-state index contributed by atoms with van der Waals surface area (Å²) in [5.74, 6) is 1.21. The van der Waals surface area contributed by atoms with Crippen molar-refractivity contribution in [2.45, 2.75) is 19.4 Å². The average Bonchev–Trinajstić information content (AvgIpc) is 3.12. The van der Waals surface area contributed by atoms with Gasteiger partial charge in [-0.2, -0.15) is 0 Å². The summed E-state index contributed by atoms with van der Waals surface area (Å²) in [6.07, 6.45) is 2.84. The molecule has 1 fully saturated rings. The molecular weight excluding hydrogens is 364 g/mol. The second-order valence-corrected chi connectivity index (χ2v) is 7.30. The van der Waals surface area contributed by atoms with Gasteiger partial charge in [0, 0.05) is 49.5 Å². The number of carbonyl (C=O) groups is 1. The van der Waals surface area contributed by atoms with Gasteiger partial charge in [-0.15, -0.1) is 11.3 Å². The van der Waals surface area contributed by atoms with Crippen molar-refractivity contribution < 1.29 is 14.3 Å². The van der Waals surface area contributed by atoms with Gasteiger partial charge in [0.05, 0.1) is 20.3 Å². The molecule has 1 unspecified atom stereocenters.